The first-order valence-corrected chi connectivity index (χ1v) is 10.8. The van der Waals surface area contributed by atoms with Gasteiger partial charge in [0.1, 0.15) is 5.82 Å². The molecule has 0 aliphatic carbocycles. The Balaban J connectivity index is 1.50. The summed E-state index contributed by atoms with van der Waals surface area (Å²) in [6.45, 7) is 3.99. The van der Waals surface area contributed by atoms with Crippen LogP contribution in [0.25, 0.3) is 16.8 Å². The minimum atomic E-state index is -0.751. The van der Waals surface area contributed by atoms with Crippen LogP contribution in [-0.4, -0.2) is 26.3 Å². The van der Waals surface area contributed by atoms with Gasteiger partial charge in [-0.2, -0.15) is 4.98 Å². The second-order valence-corrected chi connectivity index (χ2v) is 8.06. The lowest BCUT2D eigenvalue weighted by molar-refractivity contribution is 0.0892. The van der Waals surface area contributed by atoms with Gasteiger partial charge in [-0.1, -0.05) is 37.6 Å². The van der Waals surface area contributed by atoms with E-state index in [0.29, 0.717) is 40.7 Å². The number of hydrogen-bond donors (Lipinski definition) is 2. The van der Waals surface area contributed by atoms with Gasteiger partial charge < -0.3 is 15.6 Å². The molecular weight excluding hydrogens is 426 g/mol. The number of aliphatic hydroxyl groups excluding tert-OH is 1. The highest BCUT2D eigenvalue weighted by molar-refractivity contribution is 5.70. The molecule has 0 aliphatic heterocycles. The molecule has 2 aromatic carbocycles. The van der Waals surface area contributed by atoms with Crippen LogP contribution in [0.3, 0.4) is 0 Å². The maximum atomic E-state index is 15.4. The average Bonchev–Trinajstić information content (AvgIpc) is 3.18. The van der Waals surface area contributed by atoms with Gasteiger partial charge in [-0.3, -0.25) is 0 Å². The van der Waals surface area contributed by atoms with E-state index in [0.717, 1.165) is 0 Å². The van der Waals surface area contributed by atoms with E-state index in [-0.39, 0.29) is 30.0 Å². The number of fused-ring (bicyclic) bond motifs is 1. The number of hydrogen-bond acceptors (Lipinski definition) is 5. The fraction of sp³-hybridized carbons (Fsp3) is 0.280. The van der Waals surface area contributed by atoms with Crippen molar-refractivity contribution in [3.8, 4) is 16.9 Å². The second-order valence-electron chi connectivity index (χ2n) is 8.06. The Labute approximate surface area is 190 Å². The topological polar surface area (TPSA) is 85.7 Å². The first-order chi connectivity index (χ1) is 15.9. The molecule has 0 unspecified atom stereocenters. The van der Waals surface area contributed by atoms with E-state index in [2.05, 4.69) is 10.1 Å². The first-order valence-electron chi connectivity index (χ1n) is 10.8. The number of nitrogens with zero attached hydrogens (tertiary/aromatic N) is 3. The number of anilines is 1. The molecule has 172 valence electrons. The maximum Gasteiger partial charge on any atom is 0.240 e. The monoisotopic (exact) mass is 452 g/mol. The number of aliphatic hydroxyl groups is 1. The molecule has 0 aliphatic rings. The molecule has 2 aromatic heterocycles. The van der Waals surface area contributed by atoms with E-state index in [1.54, 1.807) is 49.5 Å². The third-order valence-corrected chi connectivity index (χ3v) is 5.88. The largest absolute Gasteiger partial charge is 0.490 e. The van der Waals surface area contributed by atoms with Crippen LogP contribution in [0.5, 0.6) is 5.75 Å². The van der Waals surface area contributed by atoms with Crippen LogP contribution < -0.4 is 10.5 Å². The lowest BCUT2D eigenvalue weighted by Gasteiger charge is -2.22. The number of aromatic nitrogens is 3. The fourth-order valence-electron chi connectivity index (χ4n) is 3.95. The van der Waals surface area contributed by atoms with Gasteiger partial charge in [-0.05, 0) is 60.2 Å². The Morgan fingerprint density at radius 2 is 1.88 bits per heavy atom. The highest BCUT2D eigenvalue weighted by atomic mass is 19.1. The molecule has 0 bridgehead atoms. The minimum absolute atomic E-state index is 0.109. The highest BCUT2D eigenvalue weighted by Gasteiger charge is 2.21. The van der Waals surface area contributed by atoms with Crippen LogP contribution in [0.15, 0.2) is 54.7 Å². The maximum absolute atomic E-state index is 15.4. The summed E-state index contributed by atoms with van der Waals surface area (Å²) in [6.07, 6.45) is 2.14. The summed E-state index contributed by atoms with van der Waals surface area (Å²) < 4.78 is 36.0. The van der Waals surface area contributed by atoms with Crippen LogP contribution in [0.1, 0.15) is 37.0 Å². The minimum Gasteiger partial charge on any atom is -0.490 e. The number of nitrogens with two attached hydrogens (primary N) is 1. The van der Waals surface area contributed by atoms with Crippen molar-refractivity contribution in [3.05, 3.63) is 77.5 Å². The molecule has 0 saturated carbocycles. The van der Waals surface area contributed by atoms with Crippen LogP contribution in [0.4, 0.5) is 14.7 Å². The van der Waals surface area contributed by atoms with E-state index in [4.69, 9.17) is 10.5 Å². The fourth-order valence-corrected chi connectivity index (χ4v) is 3.95. The van der Waals surface area contributed by atoms with Crippen LogP contribution >= 0.6 is 0 Å². The smallest absolute Gasteiger partial charge is 0.240 e. The molecule has 0 saturated heterocycles. The van der Waals surface area contributed by atoms with Gasteiger partial charge in [0.2, 0.25) is 5.95 Å². The number of nitrogen functional groups attached to an aromatic ring is 1. The number of benzene rings is 2. The van der Waals surface area contributed by atoms with Crippen LogP contribution in [0, 0.1) is 24.5 Å². The van der Waals surface area contributed by atoms with Gasteiger partial charge in [0, 0.05) is 11.8 Å². The van der Waals surface area contributed by atoms with Crippen molar-refractivity contribution in [3.63, 3.8) is 0 Å². The quantitative estimate of drug-likeness (QED) is 0.389. The molecule has 33 heavy (non-hydrogen) atoms. The Morgan fingerprint density at radius 3 is 2.61 bits per heavy atom. The normalized spacial score (nSPS) is 13.2. The first kappa shape index (κ1) is 22.7. The molecule has 0 radical (unpaired) electrons. The van der Waals surface area contributed by atoms with Gasteiger partial charge in [-0.15, -0.1) is 5.10 Å². The molecule has 0 spiro atoms. The predicted octanol–water partition coefficient (Wildman–Crippen LogP) is 5.09. The lowest BCUT2D eigenvalue weighted by atomic mass is 9.91. The van der Waals surface area contributed by atoms with Gasteiger partial charge in [0.25, 0.3) is 0 Å². The molecule has 4 rings (SSSR count). The summed E-state index contributed by atoms with van der Waals surface area (Å²) in [7, 11) is 0. The number of halogens is 2. The van der Waals surface area contributed by atoms with Gasteiger partial charge in [0.05, 0.1) is 12.7 Å². The zero-order chi connectivity index (χ0) is 23.5. The third-order valence-electron chi connectivity index (χ3n) is 5.88. The van der Waals surface area contributed by atoms with Gasteiger partial charge >= 0.3 is 0 Å². The predicted molar refractivity (Wildman–Crippen MR) is 123 cm³/mol. The average molecular weight is 453 g/mol. The standard InChI is InChI=1S/C25H26F2N4O2/c1-3-16(23(32)17-5-7-19(26)8-6-17)11-13-33-24-15(2)4-9-20(22(24)27)18-10-12-31-21(14-18)29-25(28)30-31/h4-10,12,14,16,23,32H,3,11,13H2,1-2H3,(H2,28,30)/t16-,23-/m0/s1. The van der Waals surface area contributed by atoms with Crippen molar-refractivity contribution in [1.29, 1.82) is 0 Å². The van der Waals surface area contributed by atoms with E-state index in [1.165, 1.54) is 16.6 Å². The zero-order valence-corrected chi connectivity index (χ0v) is 18.5. The highest BCUT2D eigenvalue weighted by Crippen LogP contribution is 2.33. The number of rotatable bonds is 8. The summed E-state index contributed by atoms with van der Waals surface area (Å²) in [5.41, 5.74) is 8.51. The van der Waals surface area contributed by atoms with Crippen molar-refractivity contribution < 1.29 is 18.6 Å². The molecule has 0 fully saturated rings. The summed E-state index contributed by atoms with van der Waals surface area (Å²) >= 11 is 0. The number of aryl methyl sites for hydroxylation is 1. The number of pyridine rings is 1. The second kappa shape index (κ2) is 9.54. The molecule has 2 heterocycles. The van der Waals surface area contributed by atoms with Crippen LogP contribution in [-0.2, 0) is 0 Å². The Kier molecular flexibility index (Phi) is 6.55. The van der Waals surface area contributed by atoms with Gasteiger partial charge in [-0.25, -0.2) is 13.3 Å². The summed E-state index contributed by atoms with van der Waals surface area (Å²) in [6, 6.07) is 12.8. The summed E-state index contributed by atoms with van der Waals surface area (Å²) in [4.78, 5) is 4.13. The van der Waals surface area contributed by atoms with Crippen molar-refractivity contribution in [1.82, 2.24) is 14.6 Å². The van der Waals surface area contributed by atoms with E-state index >= 15 is 4.39 Å². The molecule has 4 aromatic rings. The Hall–Kier alpha value is -3.52. The molecule has 0 amide bonds. The Bertz CT molecular complexity index is 1260. The lowest BCUT2D eigenvalue weighted by Crippen LogP contribution is -2.16. The van der Waals surface area contributed by atoms with Gasteiger partial charge in [0.15, 0.2) is 17.2 Å². The third kappa shape index (κ3) is 4.80. The summed E-state index contributed by atoms with van der Waals surface area (Å²) in [5, 5.41) is 14.7. The van der Waals surface area contributed by atoms with Crippen LogP contribution in [0.2, 0.25) is 0 Å². The SMILES string of the molecule is CC[C@@H](CCOc1c(C)ccc(-c2ccn3nc(N)nc3c2)c1F)[C@H](O)c1ccc(F)cc1. The van der Waals surface area contributed by atoms with Crippen molar-refractivity contribution in [2.24, 2.45) is 5.92 Å². The number of ether oxygens (including phenoxy) is 1. The van der Waals surface area contributed by atoms with E-state index in [9.17, 15) is 9.50 Å². The zero-order valence-electron chi connectivity index (χ0n) is 18.5. The van der Waals surface area contributed by atoms with E-state index in [1.807, 2.05) is 6.92 Å². The molecule has 8 heteroatoms. The van der Waals surface area contributed by atoms with E-state index < -0.39 is 11.9 Å². The molecule has 2 atom stereocenters. The van der Waals surface area contributed by atoms with Crippen molar-refractivity contribution in [2.45, 2.75) is 32.8 Å². The molecular formula is C25H26F2N4O2. The molecule has 6 nitrogen and oxygen atoms in total. The Morgan fingerprint density at radius 1 is 1.12 bits per heavy atom. The van der Waals surface area contributed by atoms with Crippen molar-refractivity contribution >= 4 is 11.6 Å². The van der Waals surface area contributed by atoms with Crippen molar-refractivity contribution in [2.75, 3.05) is 12.3 Å². The molecule has 3 N–H and O–H groups in total. The summed E-state index contributed by atoms with van der Waals surface area (Å²) in [5.74, 6) is -0.588.